The maximum atomic E-state index is 4.51. The molecule has 3 rings (SSSR count). The average molecular weight is 369 g/mol. The standard InChI is InChI=1S/C21H32N6/c1-17(25(3)14-18-8-6-5-7-9-18)12-23-21(22-2)27-11-10-19(16-27)20-13-24-26(4)15-20/h5-9,13,15,17,19H,10-12,14,16H2,1-4H3,(H,22,23). The molecule has 0 spiro atoms. The molecule has 0 radical (unpaired) electrons. The molecular weight excluding hydrogens is 336 g/mol. The molecule has 0 aliphatic carbocycles. The van der Waals surface area contributed by atoms with E-state index in [4.69, 9.17) is 0 Å². The van der Waals surface area contributed by atoms with Gasteiger partial charge in [0.25, 0.3) is 0 Å². The Bertz CT molecular complexity index is 738. The van der Waals surface area contributed by atoms with Gasteiger partial charge in [0.15, 0.2) is 5.96 Å². The van der Waals surface area contributed by atoms with Gasteiger partial charge >= 0.3 is 0 Å². The lowest BCUT2D eigenvalue weighted by molar-refractivity contribution is 0.248. The van der Waals surface area contributed by atoms with E-state index in [9.17, 15) is 0 Å². The van der Waals surface area contributed by atoms with Crippen molar-refractivity contribution in [2.75, 3.05) is 33.7 Å². The minimum Gasteiger partial charge on any atom is -0.355 e. The first-order valence-corrected chi connectivity index (χ1v) is 9.75. The number of likely N-dealkylation sites (tertiary alicyclic amines) is 1. The third kappa shape index (κ3) is 5.10. The van der Waals surface area contributed by atoms with Crippen molar-refractivity contribution < 1.29 is 0 Å². The van der Waals surface area contributed by atoms with Crippen LogP contribution in [0.5, 0.6) is 0 Å². The van der Waals surface area contributed by atoms with Crippen LogP contribution in [0.25, 0.3) is 0 Å². The number of nitrogens with one attached hydrogen (secondary N) is 1. The van der Waals surface area contributed by atoms with Gasteiger partial charge in [-0.3, -0.25) is 14.6 Å². The molecule has 2 heterocycles. The Hall–Kier alpha value is -2.34. The number of aromatic nitrogens is 2. The highest BCUT2D eigenvalue weighted by Crippen LogP contribution is 2.26. The normalized spacial score (nSPS) is 18.9. The second-order valence-electron chi connectivity index (χ2n) is 7.56. The largest absolute Gasteiger partial charge is 0.355 e. The van der Waals surface area contributed by atoms with Gasteiger partial charge in [0.05, 0.1) is 6.20 Å². The van der Waals surface area contributed by atoms with Crippen LogP contribution in [0.4, 0.5) is 0 Å². The summed E-state index contributed by atoms with van der Waals surface area (Å²) in [6.07, 6.45) is 5.27. The summed E-state index contributed by atoms with van der Waals surface area (Å²) in [5, 5.41) is 7.88. The van der Waals surface area contributed by atoms with Crippen LogP contribution in [0.2, 0.25) is 0 Å². The second kappa shape index (κ2) is 9.04. The van der Waals surface area contributed by atoms with Crippen LogP contribution >= 0.6 is 0 Å². The number of hydrogen-bond donors (Lipinski definition) is 1. The number of rotatable bonds is 6. The Labute approximate surface area is 162 Å². The maximum absolute atomic E-state index is 4.51. The zero-order valence-corrected chi connectivity index (χ0v) is 17.0. The highest BCUT2D eigenvalue weighted by molar-refractivity contribution is 5.80. The molecule has 2 unspecified atom stereocenters. The first-order valence-electron chi connectivity index (χ1n) is 9.75. The lowest BCUT2D eigenvalue weighted by atomic mass is 10.0. The smallest absolute Gasteiger partial charge is 0.193 e. The van der Waals surface area contributed by atoms with Crippen LogP contribution in [0.1, 0.15) is 30.4 Å². The Kier molecular flexibility index (Phi) is 6.50. The quantitative estimate of drug-likeness (QED) is 0.628. The summed E-state index contributed by atoms with van der Waals surface area (Å²) in [5.41, 5.74) is 2.67. The number of likely N-dealkylation sites (N-methyl/N-ethyl adjacent to an activating group) is 1. The molecule has 1 fully saturated rings. The third-order valence-corrected chi connectivity index (χ3v) is 5.48. The maximum Gasteiger partial charge on any atom is 0.193 e. The van der Waals surface area contributed by atoms with E-state index in [1.165, 1.54) is 11.1 Å². The highest BCUT2D eigenvalue weighted by Gasteiger charge is 2.27. The monoisotopic (exact) mass is 368 g/mol. The lowest BCUT2D eigenvalue weighted by Gasteiger charge is -2.28. The molecule has 1 N–H and O–H groups in total. The molecule has 1 aromatic heterocycles. The molecule has 1 aliphatic heterocycles. The van der Waals surface area contributed by atoms with Crippen molar-refractivity contribution in [3.8, 4) is 0 Å². The van der Waals surface area contributed by atoms with E-state index in [1.54, 1.807) is 0 Å². The molecule has 6 heteroatoms. The van der Waals surface area contributed by atoms with Crippen molar-refractivity contribution in [1.82, 2.24) is 24.9 Å². The molecule has 1 aromatic carbocycles. The first kappa shape index (κ1) is 19.4. The van der Waals surface area contributed by atoms with E-state index in [-0.39, 0.29) is 0 Å². The van der Waals surface area contributed by atoms with E-state index in [0.717, 1.165) is 38.6 Å². The first-order chi connectivity index (χ1) is 13.1. The van der Waals surface area contributed by atoms with Gasteiger partial charge in [-0.25, -0.2) is 0 Å². The minimum atomic E-state index is 0.415. The summed E-state index contributed by atoms with van der Waals surface area (Å²) < 4.78 is 1.88. The molecule has 1 saturated heterocycles. The van der Waals surface area contributed by atoms with Gasteiger partial charge in [0.1, 0.15) is 0 Å². The third-order valence-electron chi connectivity index (χ3n) is 5.48. The predicted octanol–water partition coefficient (Wildman–Crippen LogP) is 2.31. The molecule has 0 saturated carbocycles. The van der Waals surface area contributed by atoms with Gasteiger partial charge < -0.3 is 10.2 Å². The topological polar surface area (TPSA) is 48.7 Å². The molecule has 2 atom stereocenters. The number of nitrogens with zero attached hydrogens (tertiary/aromatic N) is 5. The average Bonchev–Trinajstić information content (AvgIpc) is 3.32. The van der Waals surface area contributed by atoms with E-state index in [0.29, 0.717) is 12.0 Å². The Balaban J connectivity index is 1.49. The summed E-state index contributed by atoms with van der Waals surface area (Å²) in [5.74, 6) is 1.54. The summed E-state index contributed by atoms with van der Waals surface area (Å²) >= 11 is 0. The van der Waals surface area contributed by atoms with Crippen LogP contribution in [0.3, 0.4) is 0 Å². The second-order valence-corrected chi connectivity index (χ2v) is 7.56. The molecule has 0 amide bonds. The van der Waals surface area contributed by atoms with Crippen LogP contribution < -0.4 is 5.32 Å². The van der Waals surface area contributed by atoms with Gasteiger partial charge in [-0.2, -0.15) is 5.10 Å². The van der Waals surface area contributed by atoms with Gasteiger partial charge in [-0.1, -0.05) is 30.3 Å². The zero-order valence-electron chi connectivity index (χ0n) is 17.0. The van der Waals surface area contributed by atoms with Gasteiger partial charge in [0.2, 0.25) is 0 Å². The summed E-state index contributed by atoms with van der Waals surface area (Å²) in [6.45, 7) is 6.12. The van der Waals surface area contributed by atoms with E-state index >= 15 is 0 Å². The molecule has 0 bridgehead atoms. The molecule has 1 aliphatic rings. The van der Waals surface area contributed by atoms with Crippen molar-refractivity contribution in [2.45, 2.75) is 31.8 Å². The molecule has 2 aromatic rings. The van der Waals surface area contributed by atoms with Gasteiger partial charge in [-0.15, -0.1) is 0 Å². The molecular formula is C21H32N6. The highest BCUT2D eigenvalue weighted by atomic mass is 15.3. The van der Waals surface area contributed by atoms with Crippen molar-refractivity contribution >= 4 is 5.96 Å². The van der Waals surface area contributed by atoms with Gasteiger partial charge in [0, 0.05) is 58.4 Å². The van der Waals surface area contributed by atoms with Crippen LogP contribution in [0.15, 0.2) is 47.7 Å². The fourth-order valence-electron chi connectivity index (χ4n) is 3.63. The van der Waals surface area contributed by atoms with Crippen molar-refractivity contribution in [1.29, 1.82) is 0 Å². The van der Waals surface area contributed by atoms with E-state index < -0.39 is 0 Å². The Morgan fingerprint density at radius 3 is 2.81 bits per heavy atom. The fraction of sp³-hybridized carbons (Fsp3) is 0.524. The summed E-state index contributed by atoms with van der Waals surface area (Å²) in [6, 6.07) is 11.0. The zero-order chi connectivity index (χ0) is 19.2. The number of aliphatic imine (C=N–C) groups is 1. The van der Waals surface area contributed by atoms with Crippen LogP contribution in [0, 0.1) is 0 Å². The van der Waals surface area contributed by atoms with Crippen molar-refractivity contribution in [3.63, 3.8) is 0 Å². The van der Waals surface area contributed by atoms with Crippen LogP contribution in [-0.4, -0.2) is 65.3 Å². The van der Waals surface area contributed by atoms with Crippen molar-refractivity contribution in [2.24, 2.45) is 12.0 Å². The summed E-state index contributed by atoms with van der Waals surface area (Å²) in [7, 11) is 6.03. The van der Waals surface area contributed by atoms with E-state index in [1.807, 2.05) is 25.0 Å². The number of benzene rings is 1. The van der Waals surface area contributed by atoms with Crippen molar-refractivity contribution in [3.05, 3.63) is 53.9 Å². The number of guanidine groups is 1. The molecule has 27 heavy (non-hydrogen) atoms. The Morgan fingerprint density at radius 1 is 1.37 bits per heavy atom. The lowest BCUT2D eigenvalue weighted by Crippen LogP contribution is -2.45. The van der Waals surface area contributed by atoms with Gasteiger partial charge in [-0.05, 0) is 31.5 Å². The number of hydrogen-bond acceptors (Lipinski definition) is 3. The summed E-state index contributed by atoms with van der Waals surface area (Å²) in [4.78, 5) is 9.25. The fourth-order valence-corrected chi connectivity index (χ4v) is 3.63. The number of aryl methyl sites for hydroxylation is 1. The Morgan fingerprint density at radius 2 is 2.15 bits per heavy atom. The molecule has 6 nitrogen and oxygen atoms in total. The van der Waals surface area contributed by atoms with E-state index in [2.05, 4.69) is 75.7 Å². The minimum absolute atomic E-state index is 0.415. The molecule has 146 valence electrons. The van der Waals surface area contributed by atoms with Crippen LogP contribution in [-0.2, 0) is 13.6 Å². The SMILES string of the molecule is CN=C(NCC(C)N(C)Cc1ccccc1)N1CCC(c2cnn(C)c2)C1. The predicted molar refractivity (Wildman–Crippen MR) is 111 cm³/mol.